The van der Waals surface area contributed by atoms with Gasteiger partial charge in [0, 0.05) is 14.2 Å². The van der Waals surface area contributed by atoms with Crippen molar-refractivity contribution in [3.63, 3.8) is 0 Å². The molecule has 60 valence electrons. The molecular weight excluding hydrogens is 168 g/mol. The Morgan fingerprint density at radius 2 is 1.90 bits per heavy atom. The number of rotatable bonds is 4. The van der Waals surface area contributed by atoms with Gasteiger partial charge in [0.05, 0.1) is 6.04 Å². The molecule has 0 aliphatic heterocycles. The van der Waals surface area contributed by atoms with E-state index in [9.17, 15) is 4.79 Å². The molecule has 0 atom stereocenters. The van der Waals surface area contributed by atoms with Crippen LogP contribution in [0.3, 0.4) is 0 Å². The molecule has 0 N–H and O–H groups in total. The molecule has 10 heavy (non-hydrogen) atoms. The Balaban J connectivity index is 3.92. The highest BCUT2D eigenvalue weighted by Crippen LogP contribution is 2.12. The highest BCUT2D eigenvalue weighted by atomic mass is 32.1. The average molecular weight is 180 g/mol. The van der Waals surface area contributed by atoms with Crippen molar-refractivity contribution in [2.24, 2.45) is 0 Å². The van der Waals surface area contributed by atoms with Crippen LogP contribution in [0.15, 0.2) is 0 Å². The van der Waals surface area contributed by atoms with Crippen molar-refractivity contribution in [3.8, 4) is 0 Å². The zero-order valence-corrected chi connectivity index (χ0v) is 8.27. The minimum Gasteiger partial charge on any atom is -0.397 e. The van der Waals surface area contributed by atoms with Gasteiger partial charge in [0.25, 0.3) is 0 Å². The quantitative estimate of drug-likeness (QED) is 0.513. The Kier molecular flexibility index (Phi) is 4.19. The van der Waals surface area contributed by atoms with Crippen LogP contribution in [-0.4, -0.2) is 27.9 Å². The Morgan fingerprint density at radius 3 is 2.00 bits per heavy atom. The molecule has 3 nitrogen and oxygen atoms in total. The van der Waals surface area contributed by atoms with Crippen LogP contribution in [-0.2, 0) is 13.6 Å². The van der Waals surface area contributed by atoms with Gasteiger partial charge in [-0.3, -0.25) is 4.79 Å². The zero-order valence-electron chi connectivity index (χ0n) is 6.38. The lowest BCUT2D eigenvalue weighted by atomic mass is 10.9. The second-order valence-electron chi connectivity index (χ2n) is 2.11. The Hall–Kier alpha value is 0.157. The van der Waals surface area contributed by atoms with Crippen molar-refractivity contribution in [2.75, 3.05) is 14.2 Å². The highest BCUT2D eigenvalue weighted by Gasteiger charge is 2.30. The molecule has 0 saturated heterocycles. The fourth-order valence-corrected chi connectivity index (χ4v) is 2.37. The van der Waals surface area contributed by atoms with Gasteiger partial charge in [0.15, 0.2) is 5.12 Å². The second-order valence-corrected chi connectivity index (χ2v) is 6.05. The van der Waals surface area contributed by atoms with Gasteiger partial charge < -0.3 is 8.85 Å². The summed E-state index contributed by atoms with van der Waals surface area (Å²) in [5, 5.41) is -0.183. The maximum atomic E-state index is 10.5. The van der Waals surface area contributed by atoms with E-state index in [-0.39, 0.29) is 5.12 Å². The van der Waals surface area contributed by atoms with E-state index in [2.05, 4.69) is 12.6 Å². The third-order valence-corrected chi connectivity index (χ3v) is 4.48. The first-order valence-electron chi connectivity index (χ1n) is 2.86. The van der Waals surface area contributed by atoms with E-state index in [1.807, 2.05) is 6.55 Å². The van der Waals surface area contributed by atoms with Gasteiger partial charge in [-0.05, 0) is 6.55 Å². The van der Waals surface area contributed by atoms with Crippen LogP contribution in [0.1, 0.15) is 0 Å². The Labute approximate surface area is 67.4 Å². The molecule has 0 fully saturated rings. The lowest BCUT2D eigenvalue weighted by Crippen LogP contribution is -2.37. The van der Waals surface area contributed by atoms with Crippen molar-refractivity contribution in [1.82, 2.24) is 0 Å². The molecule has 0 aromatic rings. The monoisotopic (exact) mass is 180 g/mol. The van der Waals surface area contributed by atoms with Gasteiger partial charge >= 0.3 is 8.56 Å². The minimum absolute atomic E-state index is 0.183. The summed E-state index contributed by atoms with van der Waals surface area (Å²) in [6.45, 7) is 1.82. The van der Waals surface area contributed by atoms with Crippen molar-refractivity contribution >= 4 is 26.3 Å². The summed E-state index contributed by atoms with van der Waals surface area (Å²) in [6, 6.07) is 0.295. The SMILES string of the molecule is CO[Si](C)(CC(=O)S)OC. The number of hydrogen-bond donors (Lipinski definition) is 1. The van der Waals surface area contributed by atoms with E-state index < -0.39 is 8.56 Å². The molecule has 0 aromatic carbocycles. The van der Waals surface area contributed by atoms with Gasteiger partial charge in [0.2, 0.25) is 0 Å². The molecule has 0 heterocycles. The summed E-state index contributed by atoms with van der Waals surface area (Å²) < 4.78 is 10.1. The third kappa shape index (κ3) is 3.36. The van der Waals surface area contributed by atoms with E-state index in [1.54, 1.807) is 14.2 Å². The largest absolute Gasteiger partial charge is 0.397 e. The number of carbonyl (C=O) groups excluding carboxylic acids is 1. The average Bonchev–Trinajstić information content (AvgIpc) is 1.87. The first kappa shape index (κ1) is 10.2. The zero-order chi connectivity index (χ0) is 8.20. The van der Waals surface area contributed by atoms with Gasteiger partial charge in [-0.2, -0.15) is 0 Å². The van der Waals surface area contributed by atoms with Crippen molar-refractivity contribution < 1.29 is 13.6 Å². The topological polar surface area (TPSA) is 35.5 Å². The molecule has 0 rings (SSSR count). The Morgan fingerprint density at radius 1 is 1.50 bits per heavy atom. The van der Waals surface area contributed by atoms with Crippen LogP contribution in [0, 0.1) is 0 Å². The second kappa shape index (κ2) is 4.12. The van der Waals surface area contributed by atoms with Crippen LogP contribution in [0.4, 0.5) is 0 Å². The van der Waals surface area contributed by atoms with Gasteiger partial charge in [-0.25, -0.2) is 0 Å². The predicted molar refractivity (Wildman–Crippen MR) is 44.4 cm³/mol. The molecule has 0 aliphatic rings. The summed E-state index contributed by atoms with van der Waals surface area (Å²) in [6.07, 6.45) is 0. The van der Waals surface area contributed by atoms with E-state index in [0.29, 0.717) is 6.04 Å². The molecule has 0 aliphatic carbocycles. The first-order chi connectivity index (χ1) is 4.54. The molecule has 0 unspecified atom stereocenters. The van der Waals surface area contributed by atoms with Gasteiger partial charge in [0.1, 0.15) is 0 Å². The van der Waals surface area contributed by atoms with Gasteiger partial charge in [-0.15, -0.1) is 12.6 Å². The number of thiol groups is 1. The lowest BCUT2D eigenvalue weighted by Gasteiger charge is -2.20. The molecule has 0 bridgehead atoms. The highest BCUT2D eigenvalue weighted by molar-refractivity contribution is 7.96. The van der Waals surface area contributed by atoms with E-state index in [0.717, 1.165) is 0 Å². The van der Waals surface area contributed by atoms with Crippen molar-refractivity contribution in [3.05, 3.63) is 0 Å². The standard InChI is InChI=1S/C5H12O3SSi/c1-7-10(3,8-2)4-5(6)9/h4H2,1-3H3,(H,6,9). The van der Waals surface area contributed by atoms with Crippen LogP contribution in [0.5, 0.6) is 0 Å². The molecular formula is C5H12O3SSi. The summed E-state index contributed by atoms with van der Waals surface area (Å²) in [5.41, 5.74) is 0. The van der Waals surface area contributed by atoms with Crippen molar-refractivity contribution in [1.29, 1.82) is 0 Å². The fourth-order valence-electron chi connectivity index (χ4n) is 0.502. The molecule has 0 aromatic heterocycles. The van der Waals surface area contributed by atoms with Crippen LogP contribution < -0.4 is 0 Å². The maximum absolute atomic E-state index is 10.5. The third-order valence-electron chi connectivity index (χ3n) is 1.34. The fraction of sp³-hybridized carbons (Fsp3) is 0.800. The first-order valence-corrected chi connectivity index (χ1v) is 5.83. The lowest BCUT2D eigenvalue weighted by molar-refractivity contribution is -0.109. The van der Waals surface area contributed by atoms with E-state index in [4.69, 9.17) is 8.85 Å². The number of hydrogen-bond acceptors (Lipinski definition) is 3. The number of carbonyl (C=O) groups is 1. The van der Waals surface area contributed by atoms with Crippen LogP contribution >= 0.6 is 12.6 Å². The van der Waals surface area contributed by atoms with Crippen LogP contribution in [0.2, 0.25) is 12.6 Å². The minimum atomic E-state index is -2.19. The summed E-state index contributed by atoms with van der Waals surface area (Å²) in [5.74, 6) is 0. The molecule has 0 radical (unpaired) electrons. The molecule has 5 heteroatoms. The normalized spacial score (nSPS) is 11.6. The maximum Gasteiger partial charge on any atom is 0.342 e. The van der Waals surface area contributed by atoms with E-state index >= 15 is 0 Å². The summed E-state index contributed by atoms with van der Waals surface area (Å²) >= 11 is 3.64. The van der Waals surface area contributed by atoms with Crippen LogP contribution in [0.25, 0.3) is 0 Å². The molecule has 0 saturated carbocycles. The van der Waals surface area contributed by atoms with Crippen molar-refractivity contribution in [2.45, 2.75) is 12.6 Å². The van der Waals surface area contributed by atoms with Gasteiger partial charge in [-0.1, -0.05) is 0 Å². The summed E-state index contributed by atoms with van der Waals surface area (Å²) in [7, 11) is 0.910. The summed E-state index contributed by atoms with van der Waals surface area (Å²) in [4.78, 5) is 10.5. The predicted octanol–water partition coefficient (Wildman–Crippen LogP) is 0.808. The van der Waals surface area contributed by atoms with E-state index in [1.165, 1.54) is 0 Å². The molecule has 0 spiro atoms. The molecule has 0 amide bonds. The smallest absolute Gasteiger partial charge is 0.342 e. The Bertz CT molecular complexity index is 124.